The number of fused-ring (bicyclic) bond motifs is 3. The van der Waals surface area contributed by atoms with E-state index in [0.29, 0.717) is 60.5 Å². The van der Waals surface area contributed by atoms with Crippen LogP contribution < -0.4 is 24.5 Å². The number of nitrogens with one attached hydrogen (secondary N) is 1. The highest BCUT2D eigenvalue weighted by atomic mass is 32.2. The van der Waals surface area contributed by atoms with Crippen molar-refractivity contribution in [2.24, 2.45) is 0 Å². The summed E-state index contributed by atoms with van der Waals surface area (Å²) in [4.78, 5) is 16.0. The molecule has 0 amide bonds. The summed E-state index contributed by atoms with van der Waals surface area (Å²) in [6.07, 6.45) is 0. The van der Waals surface area contributed by atoms with E-state index in [1.165, 1.54) is 16.4 Å². The van der Waals surface area contributed by atoms with Gasteiger partial charge in [0.1, 0.15) is 26.4 Å². The molecule has 3 aromatic carbocycles. The maximum Gasteiger partial charge on any atom is 0.252 e. The first kappa shape index (κ1) is 23.4. The average molecular weight is 521 g/mol. The smallest absolute Gasteiger partial charge is 0.252 e. The Kier molecular flexibility index (Phi) is 5.97. The van der Waals surface area contributed by atoms with Crippen LogP contribution in [-0.4, -0.2) is 44.1 Å². The molecule has 0 unspecified atom stereocenters. The molecule has 37 heavy (non-hydrogen) atoms. The van der Waals surface area contributed by atoms with E-state index in [0.717, 1.165) is 10.9 Å². The Morgan fingerprint density at radius 3 is 2.11 bits per heavy atom. The summed E-state index contributed by atoms with van der Waals surface area (Å²) < 4.78 is 51.5. The summed E-state index contributed by atoms with van der Waals surface area (Å²) in [5.41, 5.74) is 1.31. The van der Waals surface area contributed by atoms with Gasteiger partial charge in [-0.1, -0.05) is 30.3 Å². The Bertz CT molecular complexity index is 1630. The number of aromatic nitrogens is 1. The fourth-order valence-electron chi connectivity index (χ4n) is 4.44. The Balaban J connectivity index is 1.40. The maximum absolute atomic E-state index is 13.9. The number of sulfonamides is 1. The largest absolute Gasteiger partial charge is 0.486 e. The summed E-state index contributed by atoms with van der Waals surface area (Å²) in [6, 6.07) is 19.0. The fourth-order valence-corrected chi connectivity index (χ4v) is 5.86. The summed E-state index contributed by atoms with van der Waals surface area (Å²) in [5, 5.41) is 0.718. The molecule has 0 aliphatic carbocycles. The Morgan fingerprint density at radius 2 is 1.38 bits per heavy atom. The third kappa shape index (κ3) is 4.61. The standard InChI is InChI=1S/C27H24N2O7S/c30-27-20(12-19-13-24-26(15-22(19)28-27)36-11-10-34-24)17-29(16-18-4-2-1-3-5-18)37(31,32)21-6-7-23-25(14-21)35-9-8-33-23/h1-7,12-15H,8-11,16-17H2,(H,28,30). The normalized spacial score (nSPS) is 14.6. The van der Waals surface area contributed by atoms with Crippen molar-refractivity contribution in [3.63, 3.8) is 0 Å². The highest BCUT2D eigenvalue weighted by Gasteiger charge is 2.28. The van der Waals surface area contributed by atoms with Crippen LogP contribution in [0.3, 0.4) is 0 Å². The van der Waals surface area contributed by atoms with E-state index >= 15 is 0 Å². The van der Waals surface area contributed by atoms with Gasteiger partial charge in [0.15, 0.2) is 23.0 Å². The molecule has 2 aliphatic heterocycles. The zero-order valence-electron chi connectivity index (χ0n) is 19.8. The molecule has 190 valence electrons. The number of rotatable bonds is 6. The van der Waals surface area contributed by atoms with Crippen molar-refractivity contribution in [1.82, 2.24) is 9.29 Å². The molecule has 4 aromatic rings. The quantitative estimate of drug-likeness (QED) is 0.415. The molecule has 0 bridgehead atoms. The molecule has 9 nitrogen and oxygen atoms in total. The number of hydrogen-bond donors (Lipinski definition) is 1. The molecule has 0 spiro atoms. The van der Waals surface area contributed by atoms with Crippen LogP contribution in [0.2, 0.25) is 0 Å². The minimum Gasteiger partial charge on any atom is -0.486 e. The average Bonchev–Trinajstić information content (AvgIpc) is 2.92. The van der Waals surface area contributed by atoms with Crippen molar-refractivity contribution in [2.45, 2.75) is 18.0 Å². The van der Waals surface area contributed by atoms with Gasteiger partial charge in [-0.15, -0.1) is 0 Å². The van der Waals surface area contributed by atoms with Gasteiger partial charge in [-0.3, -0.25) is 4.79 Å². The number of pyridine rings is 1. The number of nitrogens with zero attached hydrogens (tertiary/aromatic N) is 1. The molecule has 10 heteroatoms. The van der Waals surface area contributed by atoms with Gasteiger partial charge < -0.3 is 23.9 Å². The highest BCUT2D eigenvalue weighted by Crippen LogP contribution is 2.35. The van der Waals surface area contributed by atoms with Gasteiger partial charge in [0.2, 0.25) is 10.0 Å². The number of benzene rings is 3. The van der Waals surface area contributed by atoms with Crippen molar-refractivity contribution < 1.29 is 27.4 Å². The van der Waals surface area contributed by atoms with Crippen molar-refractivity contribution in [3.8, 4) is 23.0 Å². The molecule has 1 N–H and O–H groups in total. The minimum atomic E-state index is -4.02. The number of hydrogen-bond acceptors (Lipinski definition) is 7. The van der Waals surface area contributed by atoms with Crippen LogP contribution in [0.1, 0.15) is 11.1 Å². The van der Waals surface area contributed by atoms with E-state index in [1.807, 2.05) is 30.3 Å². The van der Waals surface area contributed by atoms with E-state index in [2.05, 4.69) is 4.98 Å². The number of aromatic amines is 1. The van der Waals surface area contributed by atoms with E-state index in [-0.39, 0.29) is 23.5 Å². The predicted octanol–water partition coefficient (Wildman–Crippen LogP) is 3.46. The first-order chi connectivity index (χ1) is 18.0. The molecule has 0 radical (unpaired) electrons. The van der Waals surface area contributed by atoms with Crippen LogP contribution in [-0.2, 0) is 23.1 Å². The lowest BCUT2D eigenvalue weighted by molar-refractivity contribution is 0.171. The molecular formula is C27H24N2O7S. The lowest BCUT2D eigenvalue weighted by Gasteiger charge is -2.24. The second-order valence-electron chi connectivity index (χ2n) is 8.77. The summed E-state index contributed by atoms with van der Waals surface area (Å²) in [5.74, 6) is 2.03. The van der Waals surface area contributed by atoms with Gasteiger partial charge in [0.05, 0.1) is 10.4 Å². The number of ether oxygens (including phenoxy) is 4. The molecule has 3 heterocycles. The topological polar surface area (TPSA) is 107 Å². The summed E-state index contributed by atoms with van der Waals surface area (Å²) in [6.45, 7) is 1.57. The molecule has 6 rings (SSSR count). The highest BCUT2D eigenvalue weighted by molar-refractivity contribution is 7.89. The van der Waals surface area contributed by atoms with Crippen LogP contribution in [0.25, 0.3) is 10.9 Å². The fraction of sp³-hybridized carbons (Fsp3) is 0.222. The Hall–Kier alpha value is -4.02. The van der Waals surface area contributed by atoms with Gasteiger partial charge in [-0.05, 0) is 29.8 Å². The third-order valence-electron chi connectivity index (χ3n) is 6.28. The molecule has 0 saturated heterocycles. The molecule has 0 fully saturated rings. The predicted molar refractivity (Wildman–Crippen MR) is 136 cm³/mol. The van der Waals surface area contributed by atoms with Gasteiger partial charge in [0, 0.05) is 36.2 Å². The SMILES string of the molecule is O=c1[nH]c2cc3c(cc2cc1CN(Cc1ccccc1)S(=O)(=O)c1ccc2c(c1)OCCO2)OCCO3. The number of H-pyrrole nitrogens is 1. The van der Waals surface area contributed by atoms with Gasteiger partial charge >= 0.3 is 0 Å². The summed E-state index contributed by atoms with van der Waals surface area (Å²) in [7, 11) is -4.02. The Labute approximate surface area is 213 Å². The van der Waals surface area contributed by atoms with Crippen LogP contribution in [0.4, 0.5) is 0 Å². The molecular weight excluding hydrogens is 496 g/mol. The molecule has 2 aliphatic rings. The first-order valence-corrected chi connectivity index (χ1v) is 13.3. The monoisotopic (exact) mass is 520 g/mol. The molecule has 0 atom stereocenters. The van der Waals surface area contributed by atoms with Crippen LogP contribution in [0.5, 0.6) is 23.0 Å². The van der Waals surface area contributed by atoms with Crippen LogP contribution in [0, 0.1) is 0 Å². The molecule has 0 saturated carbocycles. The zero-order valence-corrected chi connectivity index (χ0v) is 20.6. The zero-order chi connectivity index (χ0) is 25.4. The minimum absolute atomic E-state index is 0.0597. The van der Waals surface area contributed by atoms with Gasteiger partial charge in [-0.25, -0.2) is 8.42 Å². The molecule has 1 aromatic heterocycles. The van der Waals surface area contributed by atoms with E-state index in [9.17, 15) is 13.2 Å². The van der Waals surface area contributed by atoms with Crippen molar-refractivity contribution in [3.05, 3.63) is 88.2 Å². The van der Waals surface area contributed by atoms with Gasteiger partial charge in [-0.2, -0.15) is 4.31 Å². The van der Waals surface area contributed by atoms with E-state index < -0.39 is 10.0 Å². The second kappa shape index (κ2) is 9.45. The third-order valence-corrected chi connectivity index (χ3v) is 8.07. The van der Waals surface area contributed by atoms with Gasteiger partial charge in [0.25, 0.3) is 5.56 Å². The van der Waals surface area contributed by atoms with Crippen molar-refractivity contribution >= 4 is 20.9 Å². The second-order valence-corrected chi connectivity index (χ2v) is 10.7. The van der Waals surface area contributed by atoms with Crippen LogP contribution in [0.15, 0.2) is 76.4 Å². The van der Waals surface area contributed by atoms with E-state index in [4.69, 9.17) is 18.9 Å². The lowest BCUT2D eigenvalue weighted by atomic mass is 10.1. The lowest BCUT2D eigenvalue weighted by Crippen LogP contribution is -2.32. The van der Waals surface area contributed by atoms with Crippen molar-refractivity contribution in [2.75, 3.05) is 26.4 Å². The first-order valence-electron chi connectivity index (χ1n) is 11.9. The van der Waals surface area contributed by atoms with E-state index in [1.54, 1.807) is 24.3 Å². The Morgan fingerprint density at radius 1 is 0.730 bits per heavy atom. The van der Waals surface area contributed by atoms with Crippen molar-refractivity contribution in [1.29, 1.82) is 0 Å². The maximum atomic E-state index is 13.9. The van der Waals surface area contributed by atoms with Crippen LogP contribution >= 0.6 is 0 Å². The summed E-state index contributed by atoms with van der Waals surface area (Å²) >= 11 is 0.